The summed E-state index contributed by atoms with van der Waals surface area (Å²) in [5, 5.41) is 21.0. The van der Waals surface area contributed by atoms with Crippen LogP contribution < -0.4 is 4.74 Å². The number of hydrogen-bond acceptors (Lipinski definition) is 7. The Kier molecular flexibility index (Phi) is 5.13. The van der Waals surface area contributed by atoms with Crippen LogP contribution in [0.1, 0.15) is 12.5 Å². The predicted molar refractivity (Wildman–Crippen MR) is 113 cm³/mol. The van der Waals surface area contributed by atoms with E-state index in [2.05, 4.69) is 9.98 Å². The highest BCUT2D eigenvalue weighted by Crippen LogP contribution is 2.30. The molecule has 30 heavy (non-hydrogen) atoms. The number of nitro groups is 1. The first-order valence-electron chi connectivity index (χ1n) is 9.19. The molecule has 1 heterocycles. The van der Waals surface area contributed by atoms with E-state index in [9.17, 15) is 15.2 Å². The monoisotopic (exact) mass is 403 g/mol. The second kappa shape index (κ2) is 8.04. The lowest BCUT2D eigenvalue weighted by molar-refractivity contribution is -0.385. The molecule has 150 valence electrons. The van der Waals surface area contributed by atoms with Crippen LogP contribution in [0.2, 0.25) is 0 Å². The highest BCUT2D eigenvalue weighted by Gasteiger charge is 2.15. The van der Waals surface area contributed by atoms with Gasteiger partial charge in [0.2, 0.25) is 11.6 Å². The van der Waals surface area contributed by atoms with Crippen molar-refractivity contribution in [2.24, 2.45) is 4.99 Å². The van der Waals surface area contributed by atoms with Crippen molar-refractivity contribution < 1.29 is 19.2 Å². The first-order chi connectivity index (χ1) is 14.5. The first-order valence-corrected chi connectivity index (χ1v) is 9.19. The Balaban J connectivity index is 1.61. The van der Waals surface area contributed by atoms with Crippen LogP contribution >= 0.6 is 0 Å². The normalized spacial score (nSPS) is 11.2. The van der Waals surface area contributed by atoms with Gasteiger partial charge in [0, 0.05) is 23.4 Å². The zero-order valence-electron chi connectivity index (χ0n) is 16.0. The Hall–Kier alpha value is -4.20. The summed E-state index contributed by atoms with van der Waals surface area (Å²) in [4.78, 5) is 19.1. The van der Waals surface area contributed by atoms with Crippen molar-refractivity contribution in [2.45, 2.75) is 6.92 Å². The van der Waals surface area contributed by atoms with Gasteiger partial charge in [-0.2, -0.15) is 0 Å². The number of phenolic OH excluding ortho intramolecular Hbond substituents is 1. The maximum absolute atomic E-state index is 10.9. The second-order valence-corrected chi connectivity index (χ2v) is 6.36. The van der Waals surface area contributed by atoms with Gasteiger partial charge >= 0.3 is 5.69 Å². The van der Waals surface area contributed by atoms with Gasteiger partial charge in [0.25, 0.3) is 0 Å². The van der Waals surface area contributed by atoms with Gasteiger partial charge in [-0.3, -0.25) is 15.1 Å². The number of benzene rings is 3. The second-order valence-electron chi connectivity index (χ2n) is 6.36. The minimum absolute atomic E-state index is 0.250. The standard InChI is InChI=1S/C22H17N3O5/c1-2-29-17-9-6-14(7-10-17)22-24-18-12-16(8-11-20(18)30-22)23-13-15-4-3-5-19(21(15)26)25(27)28/h3-13,26H,2H2,1H3. The van der Waals surface area contributed by atoms with Gasteiger partial charge < -0.3 is 14.3 Å². The summed E-state index contributed by atoms with van der Waals surface area (Å²) in [6.07, 6.45) is 1.37. The van der Waals surface area contributed by atoms with Crippen molar-refractivity contribution >= 4 is 28.7 Å². The number of ether oxygens (including phenoxy) is 1. The van der Waals surface area contributed by atoms with Crippen molar-refractivity contribution in [3.05, 3.63) is 76.3 Å². The number of oxazole rings is 1. The SMILES string of the molecule is CCOc1ccc(-c2nc3cc(N=Cc4cccc([N+](=O)[O-])c4O)ccc3o2)cc1. The van der Waals surface area contributed by atoms with Gasteiger partial charge in [-0.1, -0.05) is 6.07 Å². The molecule has 0 saturated heterocycles. The molecule has 0 saturated carbocycles. The Morgan fingerprint density at radius 3 is 2.73 bits per heavy atom. The molecule has 0 spiro atoms. The molecule has 4 aromatic rings. The van der Waals surface area contributed by atoms with Crippen LogP contribution in [0.25, 0.3) is 22.6 Å². The van der Waals surface area contributed by atoms with Crippen molar-refractivity contribution in [3.63, 3.8) is 0 Å². The molecular weight excluding hydrogens is 386 g/mol. The third-order valence-electron chi connectivity index (χ3n) is 4.38. The molecule has 0 radical (unpaired) electrons. The van der Waals surface area contributed by atoms with Crippen LogP contribution in [0.3, 0.4) is 0 Å². The number of phenols is 1. The molecule has 0 fully saturated rings. The molecule has 0 aliphatic heterocycles. The molecule has 1 aromatic heterocycles. The summed E-state index contributed by atoms with van der Waals surface area (Å²) >= 11 is 0. The van der Waals surface area contributed by atoms with Crippen molar-refractivity contribution in [3.8, 4) is 23.0 Å². The third kappa shape index (κ3) is 3.83. The zero-order chi connectivity index (χ0) is 21.1. The fraction of sp³-hybridized carbons (Fsp3) is 0.0909. The van der Waals surface area contributed by atoms with Crippen LogP contribution in [0.4, 0.5) is 11.4 Å². The van der Waals surface area contributed by atoms with E-state index in [0.717, 1.165) is 11.3 Å². The van der Waals surface area contributed by atoms with E-state index in [1.165, 1.54) is 18.3 Å². The Morgan fingerprint density at radius 2 is 2.00 bits per heavy atom. The third-order valence-corrected chi connectivity index (χ3v) is 4.38. The summed E-state index contributed by atoms with van der Waals surface area (Å²) < 4.78 is 11.3. The van der Waals surface area contributed by atoms with Crippen LogP contribution in [0, 0.1) is 10.1 Å². The number of fused-ring (bicyclic) bond motifs is 1. The molecular formula is C22H17N3O5. The lowest BCUT2D eigenvalue weighted by atomic mass is 10.2. The fourth-order valence-corrected chi connectivity index (χ4v) is 2.92. The van der Waals surface area contributed by atoms with Gasteiger partial charge in [0.05, 0.1) is 17.2 Å². The molecule has 8 nitrogen and oxygen atoms in total. The molecule has 1 N–H and O–H groups in total. The predicted octanol–water partition coefficient (Wildman–Crippen LogP) is 5.26. The van der Waals surface area contributed by atoms with Gasteiger partial charge in [-0.25, -0.2) is 4.98 Å². The molecule has 0 amide bonds. The Bertz CT molecular complexity index is 1250. The van der Waals surface area contributed by atoms with Crippen molar-refractivity contribution in [2.75, 3.05) is 6.61 Å². The molecule has 0 aliphatic carbocycles. The maximum atomic E-state index is 10.9. The van der Waals surface area contributed by atoms with E-state index in [1.807, 2.05) is 31.2 Å². The smallest absolute Gasteiger partial charge is 0.311 e. The molecule has 0 atom stereocenters. The quantitative estimate of drug-likeness (QED) is 0.267. The molecule has 8 heteroatoms. The lowest BCUT2D eigenvalue weighted by Crippen LogP contribution is -1.91. The zero-order valence-corrected chi connectivity index (χ0v) is 16.0. The number of nitrogens with zero attached hydrogens (tertiary/aromatic N) is 3. The van der Waals surface area contributed by atoms with E-state index in [-0.39, 0.29) is 11.3 Å². The highest BCUT2D eigenvalue weighted by atomic mass is 16.6. The summed E-state index contributed by atoms with van der Waals surface area (Å²) in [6, 6.07) is 17.0. The van der Waals surface area contributed by atoms with E-state index >= 15 is 0 Å². The molecule has 0 bridgehead atoms. The van der Waals surface area contributed by atoms with Crippen LogP contribution in [-0.2, 0) is 0 Å². The Morgan fingerprint density at radius 1 is 1.20 bits per heavy atom. The van der Waals surface area contributed by atoms with E-state index in [0.29, 0.717) is 29.3 Å². The topological polar surface area (TPSA) is 111 Å². The average Bonchev–Trinajstić information content (AvgIpc) is 3.17. The molecule has 4 rings (SSSR count). The van der Waals surface area contributed by atoms with Gasteiger partial charge in [-0.05, 0) is 55.5 Å². The highest BCUT2D eigenvalue weighted by molar-refractivity contribution is 5.88. The van der Waals surface area contributed by atoms with Crippen LogP contribution in [0.15, 0.2) is 70.1 Å². The summed E-state index contributed by atoms with van der Waals surface area (Å²) in [5.41, 5.74) is 2.50. The van der Waals surface area contributed by atoms with Gasteiger partial charge in [0.1, 0.15) is 11.3 Å². The minimum Gasteiger partial charge on any atom is -0.502 e. The number of aromatic nitrogens is 1. The number of aliphatic imine (C=N–C) groups is 1. The van der Waals surface area contributed by atoms with Crippen LogP contribution in [-0.4, -0.2) is 27.8 Å². The summed E-state index contributed by atoms with van der Waals surface area (Å²) in [7, 11) is 0. The number of rotatable bonds is 6. The van der Waals surface area contributed by atoms with Crippen molar-refractivity contribution in [1.82, 2.24) is 4.98 Å². The number of aromatic hydroxyl groups is 1. The van der Waals surface area contributed by atoms with Crippen molar-refractivity contribution in [1.29, 1.82) is 0 Å². The summed E-state index contributed by atoms with van der Waals surface area (Å²) in [5.74, 6) is 0.829. The fourth-order valence-electron chi connectivity index (χ4n) is 2.92. The maximum Gasteiger partial charge on any atom is 0.311 e. The number of nitro benzene ring substituents is 1. The molecule has 0 unspecified atom stereocenters. The molecule has 3 aromatic carbocycles. The minimum atomic E-state index is -0.642. The Labute approximate surface area is 171 Å². The lowest BCUT2D eigenvalue weighted by Gasteiger charge is -2.02. The average molecular weight is 403 g/mol. The van der Waals surface area contributed by atoms with Crippen LogP contribution in [0.5, 0.6) is 11.5 Å². The van der Waals surface area contributed by atoms with E-state index < -0.39 is 10.7 Å². The number of para-hydroxylation sites is 1. The molecule has 0 aliphatic rings. The van der Waals surface area contributed by atoms with E-state index in [4.69, 9.17) is 9.15 Å². The van der Waals surface area contributed by atoms with Gasteiger partial charge in [-0.15, -0.1) is 0 Å². The largest absolute Gasteiger partial charge is 0.502 e. The summed E-state index contributed by atoms with van der Waals surface area (Å²) in [6.45, 7) is 2.52. The number of hydrogen-bond donors (Lipinski definition) is 1. The first kappa shape index (κ1) is 19.1. The van der Waals surface area contributed by atoms with Gasteiger partial charge in [0.15, 0.2) is 5.58 Å². The van der Waals surface area contributed by atoms with E-state index in [1.54, 1.807) is 24.3 Å².